The van der Waals surface area contributed by atoms with Crippen molar-refractivity contribution in [3.63, 3.8) is 0 Å². The molecule has 1 aromatic heterocycles. The smallest absolute Gasteiger partial charge is 0.133 e. The van der Waals surface area contributed by atoms with E-state index in [-0.39, 0.29) is 0 Å². The van der Waals surface area contributed by atoms with Crippen LogP contribution in [0.5, 0.6) is 0 Å². The molecule has 1 fully saturated rings. The quantitative estimate of drug-likeness (QED) is 0.713. The van der Waals surface area contributed by atoms with Crippen LogP contribution in [0.25, 0.3) is 0 Å². The normalized spacial score (nSPS) is 18.1. The summed E-state index contributed by atoms with van der Waals surface area (Å²) in [6, 6.07) is 3.99. The first kappa shape index (κ1) is 10.7. The molecule has 0 unspecified atom stereocenters. The Labute approximate surface area is 95.7 Å². The number of hydrogen-bond acceptors (Lipinski definition) is 3. The maximum Gasteiger partial charge on any atom is 0.133 e. The molecular formula is C11H16ClN3. The topological polar surface area (TPSA) is 19.4 Å². The van der Waals surface area contributed by atoms with Gasteiger partial charge in [0.05, 0.1) is 5.88 Å². The third kappa shape index (κ3) is 2.41. The zero-order valence-corrected chi connectivity index (χ0v) is 9.74. The Morgan fingerprint density at radius 3 is 2.73 bits per heavy atom. The lowest BCUT2D eigenvalue weighted by Gasteiger charge is -2.34. The second-order valence-corrected chi connectivity index (χ2v) is 4.18. The summed E-state index contributed by atoms with van der Waals surface area (Å²) in [6.45, 7) is 4.27. The number of rotatable bonds is 2. The van der Waals surface area contributed by atoms with E-state index in [1.165, 1.54) is 0 Å². The zero-order chi connectivity index (χ0) is 10.7. The molecule has 3 nitrogen and oxygen atoms in total. The Kier molecular flexibility index (Phi) is 3.44. The molecule has 1 aliphatic rings. The van der Waals surface area contributed by atoms with Gasteiger partial charge in [0.25, 0.3) is 0 Å². The lowest BCUT2D eigenvalue weighted by atomic mass is 10.2. The molecule has 0 spiro atoms. The summed E-state index contributed by atoms with van der Waals surface area (Å²) in [5.41, 5.74) is 1.13. The van der Waals surface area contributed by atoms with Crippen LogP contribution in [0, 0.1) is 0 Å². The average molecular weight is 226 g/mol. The first-order chi connectivity index (χ1) is 7.31. The van der Waals surface area contributed by atoms with Crippen LogP contribution >= 0.6 is 11.6 Å². The molecule has 15 heavy (non-hydrogen) atoms. The van der Waals surface area contributed by atoms with Gasteiger partial charge in [0.2, 0.25) is 0 Å². The van der Waals surface area contributed by atoms with Crippen molar-refractivity contribution < 1.29 is 0 Å². The van der Waals surface area contributed by atoms with Crippen molar-refractivity contribution in [3.05, 3.63) is 23.9 Å². The summed E-state index contributed by atoms with van der Waals surface area (Å²) in [5, 5.41) is 0. The molecule has 4 heteroatoms. The minimum absolute atomic E-state index is 0.537. The summed E-state index contributed by atoms with van der Waals surface area (Å²) in [7, 11) is 2.15. The molecule has 2 heterocycles. The molecule has 1 aliphatic heterocycles. The van der Waals surface area contributed by atoms with Crippen molar-refractivity contribution in [3.8, 4) is 0 Å². The minimum Gasteiger partial charge on any atom is -0.354 e. The minimum atomic E-state index is 0.537. The van der Waals surface area contributed by atoms with Crippen molar-refractivity contribution in [1.82, 2.24) is 9.88 Å². The number of anilines is 1. The van der Waals surface area contributed by atoms with Gasteiger partial charge in [-0.3, -0.25) is 0 Å². The van der Waals surface area contributed by atoms with E-state index in [0.717, 1.165) is 37.6 Å². The monoisotopic (exact) mass is 225 g/mol. The van der Waals surface area contributed by atoms with Gasteiger partial charge in [0.15, 0.2) is 0 Å². The zero-order valence-electron chi connectivity index (χ0n) is 8.99. The molecule has 1 saturated heterocycles. The van der Waals surface area contributed by atoms with Gasteiger partial charge in [-0.15, -0.1) is 11.6 Å². The van der Waals surface area contributed by atoms with Gasteiger partial charge < -0.3 is 9.80 Å². The summed E-state index contributed by atoms with van der Waals surface area (Å²) < 4.78 is 0. The molecule has 0 aromatic carbocycles. The number of piperazine rings is 1. The van der Waals surface area contributed by atoms with Crippen LogP contribution < -0.4 is 4.90 Å². The van der Waals surface area contributed by atoms with Gasteiger partial charge in [0.1, 0.15) is 5.82 Å². The fraction of sp³-hybridized carbons (Fsp3) is 0.545. The summed E-state index contributed by atoms with van der Waals surface area (Å²) in [5.74, 6) is 1.59. The highest BCUT2D eigenvalue weighted by atomic mass is 35.5. The Morgan fingerprint density at radius 2 is 2.07 bits per heavy atom. The van der Waals surface area contributed by atoms with E-state index >= 15 is 0 Å². The number of alkyl halides is 1. The van der Waals surface area contributed by atoms with Crippen molar-refractivity contribution >= 4 is 17.4 Å². The van der Waals surface area contributed by atoms with E-state index in [4.69, 9.17) is 11.6 Å². The number of nitrogens with zero attached hydrogens (tertiary/aromatic N) is 3. The van der Waals surface area contributed by atoms with E-state index in [1.54, 1.807) is 0 Å². The van der Waals surface area contributed by atoms with Gasteiger partial charge in [-0.05, 0) is 13.1 Å². The van der Waals surface area contributed by atoms with Crippen LogP contribution in [0.2, 0.25) is 0 Å². The molecule has 82 valence electrons. The highest BCUT2D eigenvalue weighted by Gasteiger charge is 2.17. The standard InChI is InChI=1S/C11H16ClN3/c1-14-5-7-15(8-6-14)11-10(9-12)3-2-4-13-11/h2-4H,5-9H2,1H3. The summed E-state index contributed by atoms with van der Waals surface area (Å²) in [6.07, 6.45) is 1.84. The van der Waals surface area contributed by atoms with Crippen LogP contribution in [0.15, 0.2) is 18.3 Å². The lowest BCUT2D eigenvalue weighted by molar-refractivity contribution is 0.312. The number of pyridine rings is 1. The first-order valence-electron chi connectivity index (χ1n) is 5.24. The first-order valence-corrected chi connectivity index (χ1v) is 5.78. The second kappa shape index (κ2) is 4.81. The number of halogens is 1. The van der Waals surface area contributed by atoms with Crippen LogP contribution in [0.1, 0.15) is 5.56 Å². The third-order valence-corrected chi connectivity index (χ3v) is 3.10. The van der Waals surface area contributed by atoms with E-state index in [1.807, 2.05) is 18.3 Å². The van der Waals surface area contributed by atoms with Gasteiger partial charge in [-0.1, -0.05) is 6.07 Å². The number of aromatic nitrogens is 1. The largest absolute Gasteiger partial charge is 0.354 e. The Balaban J connectivity index is 2.15. The van der Waals surface area contributed by atoms with Crippen LogP contribution in [-0.4, -0.2) is 43.1 Å². The average Bonchev–Trinajstić information content (AvgIpc) is 2.30. The van der Waals surface area contributed by atoms with Crippen LogP contribution in [0.4, 0.5) is 5.82 Å². The molecule has 0 bridgehead atoms. The van der Waals surface area contributed by atoms with Crippen molar-refractivity contribution in [2.45, 2.75) is 5.88 Å². The van der Waals surface area contributed by atoms with E-state index in [2.05, 4.69) is 21.8 Å². The highest BCUT2D eigenvalue weighted by molar-refractivity contribution is 6.17. The van der Waals surface area contributed by atoms with E-state index in [0.29, 0.717) is 5.88 Å². The Hall–Kier alpha value is -0.800. The van der Waals surface area contributed by atoms with Crippen molar-refractivity contribution in [2.24, 2.45) is 0 Å². The van der Waals surface area contributed by atoms with Gasteiger partial charge in [0, 0.05) is 37.9 Å². The van der Waals surface area contributed by atoms with Gasteiger partial charge in [-0.25, -0.2) is 4.98 Å². The molecule has 2 rings (SSSR count). The summed E-state index contributed by atoms with van der Waals surface area (Å²) >= 11 is 5.90. The molecule has 0 amide bonds. The number of hydrogen-bond donors (Lipinski definition) is 0. The highest BCUT2D eigenvalue weighted by Crippen LogP contribution is 2.19. The number of likely N-dealkylation sites (N-methyl/N-ethyl adjacent to an activating group) is 1. The molecule has 1 aromatic rings. The fourth-order valence-electron chi connectivity index (χ4n) is 1.84. The Morgan fingerprint density at radius 1 is 1.33 bits per heavy atom. The molecule has 0 aliphatic carbocycles. The molecule has 0 radical (unpaired) electrons. The van der Waals surface area contributed by atoms with Crippen molar-refractivity contribution in [2.75, 3.05) is 38.1 Å². The third-order valence-electron chi connectivity index (χ3n) is 2.81. The van der Waals surface area contributed by atoms with Gasteiger partial charge >= 0.3 is 0 Å². The predicted molar refractivity (Wildman–Crippen MR) is 63.5 cm³/mol. The molecule has 0 atom stereocenters. The van der Waals surface area contributed by atoms with Crippen LogP contribution in [0.3, 0.4) is 0 Å². The van der Waals surface area contributed by atoms with Crippen LogP contribution in [-0.2, 0) is 5.88 Å². The molecule has 0 N–H and O–H groups in total. The Bertz CT molecular complexity index is 321. The van der Waals surface area contributed by atoms with E-state index in [9.17, 15) is 0 Å². The second-order valence-electron chi connectivity index (χ2n) is 3.91. The maximum atomic E-state index is 5.90. The fourth-order valence-corrected chi connectivity index (χ4v) is 2.05. The van der Waals surface area contributed by atoms with Gasteiger partial charge in [-0.2, -0.15) is 0 Å². The molecular weight excluding hydrogens is 210 g/mol. The SMILES string of the molecule is CN1CCN(c2ncccc2CCl)CC1. The van der Waals surface area contributed by atoms with E-state index < -0.39 is 0 Å². The lowest BCUT2D eigenvalue weighted by Crippen LogP contribution is -2.45. The van der Waals surface area contributed by atoms with Crippen molar-refractivity contribution in [1.29, 1.82) is 0 Å². The molecule has 0 saturated carbocycles. The maximum absolute atomic E-state index is 5.90. The summed E-state index contributed by atoms with van der Waals surface area (Å²) in [4.78, 5) is 9.07. The predicted octanol–water partition coefficient (Wildman–Crippen LogP) is 1.57.